The second kappa shape index (κ2) is 9.76. The van der Waals surface area contributed by atoms with E-state index in [1.54, 1.807) is 12.1 Å². The van der Waals surface area contributed by atoms with Gasteiger partial charge in [0.05, 0.1) is 24.8 Å². The van der Waals surface area contributed by atoms with Crippen LogP contribution in [0.4, 0.5) is 5.00 Å². The van der Waals surface area contributed by atoms with Crippen LogP contribution in [0.5, 0.6) is 5.75 Å². The van der Waals surface area contributed by atoms with E-state index in [0.29, 0.717) is 34.4 Å². The number of thiophene rings is 1. The third kappa shape index (κ3) is 5.20. The number of aryl methyl sites for hydroxylation is 1. The lowest BCUT2D eigenvalue weighted by atomic mass is 9.95. The molecule has 0 saturated carbocycles. The van der Waals surface area contributed by atoms with Crippen molar-refractivity contribution < 1.29 is 19.1 Å². The third-order valence-corrected chi connectivity index (χ3v) is 6.63. The quantitative estimate of drug-likeness (QED) is 0.505. The number of benzene rings is 1. The molecule has 1 aliphatic rings. The molecule has 1 N–H and O–H groups in total. The number of carbonyl (C=O) groups is 2. The molecule has 5 nitrogen and oxygen atoms in total. The summed E-state index contributed by atoms with van der Waals surface area (Å²) >= 11 is 4.90. The van der Waals surface area contributed by atoms with Gasteiger partial charge in [0.1, 0.15) is 10.8 Å². The van der Waals surface area contributed by atoms with Crippen LogP contribution in [0.1, 0.15) is 64.3 Å². The Morgan fingerprint density at radius 2 is 2.00 bits per heavy atom. The van der Waals surface area contributed by atoms with Gasteiger partial charge >= 0.3 is 5.97 Å². The van der Waals surface area contributed by atoms with Crippen molar-refractivity contribution in [1.82, 2.24) is 0 Å². The average molecular weight is 480 g/mol. The van der Waals surface area contributed by atoms with Crippen molar-refractivity contribution in [3.05, 3.63) is 44.2 Å². The summed E-state index contributed by atoms with van der Waals surface area (Å²) in [6.45, 7) is 4.80. The number of hydrogen-bond acceptors (Lipinski definition) is 5. The van der Waals surface area contributed by atoms with Crippen LogP contribution in [0.25, 0.3) is 0 Å². The molecule has 0 spiro atoms. The van der Waals surface area contributed by atoms with Crippen LogP contribution in [0.15, 0.2) is 22.7 Å². The van der Waals surface area contributed by atoms with Crippen molar-refractivity contribution in [3.63, 3.8) is 0 Å². The number of esters is 1. The molecule has 1 amide bonds. The molecule has 1 aromatic heterocycles. The van der Waals surface area contributed by atoms with Gasteiger partial charge in [0.25, 0.3) is 5.91 Å². The van der Waals surface area contributed by atoms with Gasteiger partial charge in [-0.1, -0.05) is 29.8 Å². The molecular formula is C22H26BrNO4S. The van der Waals surface area contributed by atoms with Gasteiger partial charge in [0.15, 0.2) is 0 Å². The zero-order valence-corrected chi connectivity index (χ0v) is 19.4. The van der Waals surface area contributed by atoms with E-state index in [4.69, 9.17) is 9.47 Å². The molecule has 1 heterocycles. The first kappa shape index (κ1) is 21.8. The maximum Gasteiger partial charge on any atom is 0.341 e. The molecule has 156 valence electrons. The summed E-state index contributed by atoms with van der Waals surface area (Å²) < 4.78 is 11.7. The predicted octanol–water partition coefficient (Wildman–Crippen LogP) is 5.85. The van der Waals surface area contributed by atoms with Crippen LogP contribution in [-0.2, 0) is 17.6 Å². The largest absolute Gasteiger partial charge is 0.493 e. The highest BCUT2D eigenvalue weighted by atomic mass is 79.9. The van der Waals surface area contributed by atoms with Crippen molar-refractivity contribution >= 4 is 44.1 Å². The van der Waals surface area contributed by atoms with Gasteiger partial charge in [-0.3, -0.25) is 4.79 Å². The molecule has 0 radical (unpaired) electrons. The Balaban J connectivity index is 1.88. The molecule has 3 rings (SSSR count). The van der Waals surface area contributed by atoms with E-state index in [9.17, 15) is 9.59 Å². The molecule has 0 bridgehead atoms. The van der Waals surface area contributed by atoms with E-state index in [0.717, 1.165) is 47.0 Å². The summed E-state index contributed by atoms with van der Waals surface area (Å²) in [7, 11) is 1.37. The molecule has 1 aromatic carbocycles. The Bertz CT molecular complexity index is 906. The molecule has 29 heavy (non-hydrogen) atoms. The van der Waals surface area contributed by atoms with Gasteiger partial charge in [-0.05, 0) is 61.8 Å². The maximum atomic E-state index is 13.1. The van der Waals surface area contributed by atoms with Crippen LogP contribution in [0.3, 0.4) is 0 Å². The first-order valence-corrected chi connectivity index (χ1v) is 11.5. The van der Waals surface area contributed by atoms with Gasteiger partial charge in [0, 0.05) is 9.35 Å². The number of methoxy groups -OCH3 is 1. The third-order valence-electron chi connectivity index (χ3n) is 4.93. The number of halogens is 1. The van der Waals surface area contributed by atoms with E-state index in [1.807, 2.05) is 6.07 Å². The number of ether oxygens (including phenoxy) is 2. The van der Waals surface area contributed by atoms with Crippen molar-refractivity contribution in [2.24, 2.45) is 5.92 Å². The number of rotatable bonds is 7. The number of nitrogens with one attached hydrogen (secondary N) is 1. The lowest BCUT2D eigenvalue weighted by Crippen LogP contribution is -2.16. The van der Waals surface area contributed by atoms with E-state index in [2.05, 4.69) is 35.1 Å². The van der Waals surface area contributed by atoms with Crippen LogP contribution >= 0.6 is 27.3 Å². The Morgan fingerprint density at radius 1 is 1.24 bits per heavy atom. The minimum absolute atomic E-state index is 0.297. The Hall–Kier alpha value is -1.86. The summed E-state index contributed by atoms with van der Waals surface area (Å²) in [4.78, 5) is 26.7. The molecular weight excluding hydrogens is 454 g/mol. The lowest BCUT2D eigenvalue weighted by molar-refractivity contribution is 0.0601. The summed E-state index contributed by atoms with van der Waals surface area (Å²) in [6, 6.07) is 5.39. The predicted molar refractivity (Wildman–Crippen MR) is 119 cm³/mol. The average Bonchev–Trinajstić information content (AvgIpc) is 3.05. The van der Waals surface area contributed by atoms with Gasteiger partial charge in [-0.2, -0.15) is 0 Å². The normalized spacial score (nSPS) is 13.1. The van der Waals surface area contributed by atoms with Crippen molar-refractivity contribution in [3.8, 4) is 5.75 Å². The van der Waals surface area contributed by atoms with E-state index in [-0.39, 0.29) is 5.91 Å². The van der Waals surface area contributed by atoms with Crippen LogP contribution in [-0.4, -0.2) is 25.6 Å². The second-order valence-electron chi connectivity index (χ2n) is 7.53. The fourth-order valence-corrected chi connectivity index (χ4v) is 4.99. The lowest BCUT2D eigenvalue weighted by Gasteiger charge is -2.13. The monoisotopic (exact) mass is 479 g/mol. The topological polar surface area (TPSA) is 64.6 Å². The van der Waals surface area contributed by atoms with E-state index in [1.165, 1.54) is 18.4 Å². The van der Waals surface area contributed by atoms with Crippen LogP contribution in [0.2, 0.25) is 0 Å². The first-order valence-electron chi connectivity index (χ1n) is 9.87. The van der Waals surface area contributed by atoms with Gasteiger partial charge in [-0.25, -0.2) is 4.79 Å². The van der Waals surface area contributed by atoms with E-state index >= 15 is 0 Å². The minimum atomic E-state index is -0.401. The van der Waals surface area contributed by atoms with Gasteiger partial charge in [0.2, 0.25) is 0 Å². The molecule has 0 unspecified atom stereocenters. The summed E-state index contributed by atoms with van der Waals surface area (Å²) in [5, 5.41) is 3.50. The maximum absolute atomic E-state index is 13.1. The molecule has 0 saturated heterocycles. The van der Waals surface area contributed by atoms with Gasteiger partial charge < -0.3 is 14.8 Å². The molecule has 2 aromatic rings. The fraction of sp³-hybridized carbons (Fsp3) is 0.455. The summed E-state index contributed by atoms with van der Waals surface area (Å²) in [5.41, 5.74) is 1.95. The van der Waals surface area contributed by atoms with Crippen molar-refractivity contribution in [2.45, 2.75) is 46.0 Å². The molecule has 1 aliphatic carbocycles. The summed E-state index contributed by atoms with van der Waals surface area (Å²) in [6.07, 6.45) is 4.82. The molecule has 0 fully saturated rings. The van der Waals surface area contributed by atoms with Crippen molar-refractivity contribution in [1.29, 1.82) is 0 Å². The minimum Gasteiger partial charge on any atom is -0.493 e. The molecule has 7 heteroatoms. The number of amides is 1. The second-order valence-corrected chi connectivity index (χ2v) is 9.55. The standard InChI is InChI=1S/C22H26BrNO4S/c1-13(2)10-11-28-17-9-8-14(23)12-16(17)20(25)24-21-19(22(26)27-3)15-6-4-5-7-18(15)29-21/h8-9,12-13H,4-7,10-11H2,1-3H3,(H,24,25). The number of carbonyl (C=O) groups excluding carboxylic acids is 2. The highest BCUT2D eigenvalue weighted by Crippen LogP contribution is 2.39. The fourth-order valence-electron chi connectivity index (χ4n) is 3.35. The molecule has 0 aliphatic heterocycles. The molecule has 0 atom stereocenters. The Labute approximate surface area is 183 Å². The zero-order chi connectivity index (χ0) is 21.0. The number of fused-ring (bicyclic) bond motifs is 1. The zero-order valence-electron chi connectivity index (χ0n) is 17.0. The highest BCUT2D eigenvalue weighted by molar-refractivity contribution is 9.10. The van der Waals surface area contributed by atoms with Crippen molar-refractivity contribution in [2.75, 3.05) is 19.0 Å². The first-order chi connectivity index (χ1) is 13.9. The van der Waals surface area contributed by atoms with Crippen LogP contribution < -0.4 is 10.1 Å². The van der Waals surface area contributed by atoms with E-state index < -0.39 is 5.97 Å². The Kier molecular flexibility index (Phi) is 7.35. The SMILES string of the molecule is COC(=O)c1c(NC(=O)c2cc(Br)ccc2OCCC(C)C)sc2c1CCCC2. The van der Waals surface area contributed by atoms with Gasteiger partial charge in [-0.15, -0.1) is 11.3 Å². The number of hydrogen-bond donors (Lipinski definition) is 1. The van der Waals surface area contributed by atoms with Crippen LogP contribution in [0, 0.1) is 5.92 Å². The highest BCUT2D eigenvalue weighted by Gasteiger charge is 2.27. The Morgan fingerprint density at radius 3 is 2.72 bits per heavy atom. The smallest absolute Gasteiger partial charge is 0.341 e. The number of anilines is 1. The summed E-state index contributed by atoms with van der Waals surface area (Å²) in [5.74, 6) is 0.354.